The number of nitrogens with zero attached hydrogens (tertiary/aromatic N) is 1. The maximum absolute atomic E-state index is 9.48. The average Bonchev–Trinajstić information content (AvgIpc) is 2.95. The molecule has 1 rings (SSSR count). The topological polar surface area (TPSA) is 131 Å². The van der Waals surface area contributed by atoms with Crippen LogP contribution >= 0.6 is 0 Å². The summed E-state index contributed by atoms with van der Waals surface area (Å²) >= 11 is 0. The van der Waals surface area contributed by atoms with Gasteiger partial charge in [0, 0.05) is 44.0 Å². The Morgan fingerprint density at radius 2 is 1.45 bits per heavy atom. The van der Waals surface area contributed by atoms with Gasteiger partial charge in [0.2, 0.25) is 0 Å². The molecule has 220 valence electrons. The smallest absolute Gasteiger partial charge is 0.147 e. The summed E-state index contributed by atoms with van der Waals surface area (Å²) in [4.78, 5) is 23.5. The van der Waals surface area contributed by atoms with Crippen molar-refractivity contribution < 1.29 is 29.3 Å². The number of aldehydes is 2. The minimum atomic E-state index is -0.233. The molecule has 0 heterocycles. The molecule has 0 saturated heterocycles. The van der Waals surface area contributed by atoms with Gasteiger partial charge in [-0.25, -0.2) is 0 Å². The number of aliphatic hydroxyl groups excluding tert-OH is 2. The number of rotatable bonds is 18. The van der Waals surface area contributed by atoms with Crippen LogP contribution < -0.4 is 5.73 Å². The first-order valence-electron chi connectivity index (χ1n) is 13.7. The lowest BCUT2D eigenvalue weighted by atomic mass is 9.78. The monoisotopic (exact) mass is 538 g/mol. The van der Waals surface area contributed by atoms with E-state index in [4.69, 9.17) is 25.4 Å². The normalized spacial score (nSPS) is 17.3. The van der Waals surface area contributed by atoms with Crippen LogP contribution in [0.15, 0.2) is 41.1 Å². The molecule has 1 aliphatic carbocycles. The lowest BCUT2D eigenvalue weighted by molar-refractivity contribution is -0.106. The average molecular weight is 539 g/mol. The molecule has 0 atom stereocenters. The second kappa shape index (κ2) is 27.9. The molecule has 0 unspecified atom stereocenters. The highest BCUT2D eigenvalue weighted by Crippen LogP contribution is 2.34. The summed E-state index contributed by atoms with van der Waals surface area (Å²) in [5, 5.41) is 16.0. The molecule has 1 aliphatic rings. The lowest BCUT2D eigenvalue weighted by Crippen LogP contribution is -2.17. The molecule has 1 saturated carbocycles. The molecular weight excluding hydrogens is 484 g/mol. The minimum Gasteiger partial charge on any atom is -0.404 e. The van der Waals surface area contributed by atoms with Gasteiger partial charge in [0.05, 0.1) is 26.4 Å². The summed E-state index contributed by atoms with van der Waals surface area (Å²) in [7, 11) is 3.44. The fourth-order valence-electron chi connectivity index (χ4n) is 4.07. The maximum Gasteiger partial charge on any atom is 0.147 e. The van der Waals surface area contributed by atoms with Crippen molar-refractivity contribution in [2.45, 2.75) is 71.1 Å². The zero-order valence-corrected chi connectivity index (χ0v) is 24.1. The number of allylic oxidation sites excluding steroid dienone is 1. The Morgan fingerprint density at radius 3 is 1.82 bits per heavy atom. The number of aliphatic hydroxyl groups is 2. The maximum atomic E-state index is 9.48. The van der Waals surface area contributed by atoms with Gasteiger partial charge >= 0.3 is 0 Å². The second-order valence-corrected chi connectivity index (χ2v) is 9.80. The van der Waals surface area contributed by atoms with E-state index in [2.05, 4.69) is 25.1 Å². The standard InChI is InChI=1S/C22H42N2O2.2C4H6O2/c1-4-5-6-7-19-8-10-20(11-9-19)12-13-21(14-23)15-24-16-22(17-25-2)18-26-3;2*1-4(2-5)3-6/h14-15,19-20,22H,4-13,16-18,23H2,1-3H3;2*2,6H,1,3H2/b21-14-,24-15?;;. The van der Waals surface area contributed by atoms with Crippen molar-refractivity contribution in [3.05, 3.63) is 36.1 Å². The number of carbonyl (C=O) groups is 2. The van der Waals surface area contributed by atoms with Crippen molar-refractivity contribution in [3.63, 3.8) is 0 Å². The van der Waals surface area contributed by atoms with Crippen LogP contribution in [0.3, 0.4) is 0 Å². The van der Waals surface area contributed by atoms with E-state index in [-0.39, 0.29) is 24.4 Å². The first-order valence-corrected chi connectivity index (χ1v) is 13.7. The van der Waals surface area contributed by atoms with E-state index in [9.17, 15) is 9.59 Å². The van der Waals surface area contributed by atoms with E-state index in [1.807, 2.05) is 6.21 Å². The van der Waals surface area contributed by atoms with Crippen LogP contribution in [-0.2, 0) is 19.1 Å². The highest BCUT2D eigenvalue weighted by Gasteiger charge is 2.20. The third-order valence-electron chi connectivity index (χ3n) is 6.40. The number of hydrogen-bond donors (Lipinski definition) is 3. The molecule has 1 fully saturated rings. The first kappa shape index (κ1) is 38.0. The van der Waals surface area contributed by atoms with Gasteiger partial charge in [0.15, 0.2) is 0 Å². The Bertz CT molecular complexity index is 644. The fraction of sp³-hybridized carbons (Fsp3) is 0.700. The zero-order chi connectivity index (χ0) is 29.0. The van der Waals surface area contributed by atoms with Gasteiger partial charge in [-0.1, -0.05) is 71.4 Å². The van der Waals surface area contributed by atoms with Crippen molar-refractivity contribution in [1.29, 1.82) is 0 Å². The third-order valence-corrected chi connectivity index (χ3v) is 6.40. The van der Waals surface area contributed by atoms with Crippen LogP contribution in [0.1, 0.15) is 71.1 Å². The highest BCUT2D eigenvalue weighted by atomic mass is 16.5. The Labute approximate surface area is 231 Å². The van der Waals surface area contributed by atoms with Crippen LogP contribution in [0, 0.1) is 17.8 Å². The van der Waals surface area contributed by atoms with E-state index in [0.29, 0.717) is 31.7 Å². The van der Waals surface area contributed by atoms with E-state index < -0.39 is 0 Å². The van der Waals surface area contributed by atoms with E-state index >= 15 is 0 Å². The number of ether oxygens (including phenoxy) is 2. The molecular formula is C30H54N2O6. The van der Waals surface area contributed by atoms with Crippen LogP contribution in [-0.4, -0.2) is 76.2 Å². The molecule has 0 aromatic rings. The van der Waals surface area contributed by atoms with Crippen LogP contribution in [0.4, 0.5) is 0 Å². The molecule has 0 amide bonds. The number of unbranched alkanes of at least 4 members (excludes halogenated alkanes) is 2. The van der Waals surface area contributed by atoms with E-state index in [0.717, 1.165) is 30.4 Å². The molecule has 0 bridgehead atoms. The van der Waals surface area contributed by atoms with Crippen molar-refractivity contribution >= 4 is 18.8 Å². The summed E-state index contributed by atoms with van der Waals surface area (Å²) in [5.74, 6) is 2.17. The Hall–Kier alpha value is -2.13. The second-order valence-electron chi connectivity index (χ2n) is 9.80. The third kappa shape index (κ3) is 23.0. The van der Waals surface area contributed by atoms with Gasteiger partial charge in [-0.05, 0) is 36.5 Å². The van der Waals surface area contributed by atoms with Gasteiger partial charge < -0.3 is 25.4 Å². The van der Waals surface area contributed by atoms with Crippen LogP contribution in [0.5, 0.6) is 0 Å². The number of aliphatic imine (C=N–C) groups is 1. The predicted molar refractivity (Wildman–Crippen MR) is 156 cm³/mol. The van der Waals surface area contributed by atoms with Crippen molar-refractivity contribution in [2.24, 2.45) is 28.5 Å². The van der Waals surface area contributed by atoms with Crippen molar-refractivity contribution in [1.82, 2.24) is 0 Å². The van der Waals surface area contributed by atoms with Gasteiger partial charge in [0.1, 0.15) is 12.6 Å². The number of hydrogen-bond acceptors (Lipinski definition) is 8. The molecule has 8 nitrogen and oxygen atoms in total. The number of nitrogens with two attached hydrogens (primary N) is 1. The SMILES string of the molecule is C=C(C=O)CO.C=C(C=O)CO.CCCCCC1CCC(CC/C(C=NCC(COC)COC)=C/N)CC1. The molecule has 0 radical (unpaired) electrons. The molecule has 8 heteroatoms. The van der Waals surface area contributed by atoms with Gasteiger partial charge in [-0.2, -0.15) is 0 Å². The lowest BCUT2D eigenvalue weighted by Gasteiger charge is -2.28. The summed E-state index contributed by atoms with van der Waals surface area (Å²) in [6.45, 7) is 10.2. The van der Waals surface area contributed by atoms with Gasteiger partial charge in [-0.3, -0.25) is 14.6 Å². The zero-order valence-electron chi connectivity index (χ0n) is 24.1. The molecule has 4 N–H and O–H groups in total. The van der Waals surface area contributed by atoms with Gasteiger partial charge in [0.25, 0.3) is 0 Å². The molecule has 0 aromatic carbocycles. The van der Waals surface area contributed by atoms with Gasteiger partial charge in [-0.15, -0.1) is 0 Å². The highest BCUT2D eigenvalue weighted by molar-refractivity contribution is 5.78. The Kier molecular flexibility index (Phi) is 27.9. The predicted octanol–water partition coefficient (Wildman–Crippen LogP) is 4.44. The number of methoxy groups -OCH3 is 2. The quantitative estimate of drug-likeness (QED) is 0.102. The first-order chi connectivity index (χ1) is 18.3. The van der Waals surface area contributed by atoms with Crippen molar-refractivity contribution in [3.8, 4) is 0 Å². The van der Waals surface area contributed by atoms with Crippen LogP contribution in [0.25, 0.3) is 0 Å². The molecule has 0 aliphatic heterocycles. The number of carbonyl (C=O) groups excluding carboxylic acids is 2. The largest absolute Gasteiger partial charge is 0.404 e. The molecule has 38 heavy (non-hydrogen) atoms. The summed E-state index contributed by atoms with van der Waals surface area (Å²) in [5.41, 5.74) is 7.40. The van der Waals surface area contributed by atoms with Crippen molar-refractivity contribution in [2.75, 3.05) is 47.2 Å². The fourth-order valence-corrected chi connectivity index (χ4v) is 4.07. The molecule has 0 spiro atoms. The van der Waals surface area contributed by atoms with E-state index in [1.54, 1.807) is 20.4 Å². The summed E-state index contributed by atoms with van der Waals surface area (Å²) < 4.78 is 10.4. The summed E-state index contributed by atoms with van der Waals surface area (Å²) in [6.07, 6.45) is 18.3. The Balaban J connectivity index is 0. The summed E-state index contributed by atoms with van der Waals surface area (Å²) in [6, 6.07) is 0. The van der Waals surface area contributed by atoms with Crippen LogP contribution in [0.2, 0.25) is 0 Å². The minimum absolute atomic E-state index is 0.218. The molecule has 0 aromatic heterocycles. The Morgan fingerprint density at radius 1 is 0.947 bits per heavy atom. The van der Waals surface area contributed by atoms with E-state index in [1.165, 1.54) is 57.8 Å².